The number of aromatic nitrogens is 1. The van der Waals surface area contributed by atoms with Crippen LogP contribution in [0.5, 0.6) is 0 Å². The second kappa shape index (κ2) is 8.84. The molecule has 0 radical (unpaired) electrons. The fourth-order valence-electron chi connectivity index (χ4n) is 2.24. The lowest BCUT2D eigenvalue weighted by Gasteiger charge is -2.07. The average Bonchev–Trinajstić information content (AvgIpc) is 3.03. The van der Waals surface area contributed by atoms with Gasteiger partial charge in [0.15, 0.2) is 17.4 Å². The summed E-state index contributed by atoms with van der Waals surface area (Å²) < 4.78 is 32.5. The molecule has 0 aliphatic rings. The second-order valence-electron chi connectivity index (χ2n) is 5.43. The van der Waals surface area contributed by atoms with Crippen molar-refractivity contribution in [3.05, 3.63) is 65.5 Å². The molecule has 26 heavy (non-hydrogen) atoms. The molecular weight excluding hydrogens is 344 g/mol. The standard InChI is InChI=1S/C19H17F2NO4/c1-2-26-19(25)18(24)11-15(23)7-6-14-4-3-9-22(14)12-13-5-8-16(20)17(21)10-13/h3-10H,2,11-12H2,1H3/b7-6+. The van der Waals surface area contributed by atoms with E-state index in [1.54, 1.807) is 29.8 Å². The van der Waals surface area contributed by atoms with Gasteiger partial charge in [0, 0.05) is 18.4 Å². The molecule has 7 heteroatoms. The van der Waals surface area contributed by atoms with Gasteiger partial charge in [-0.2, -0.15) is 0 Å². The first-order valence-electron chi connectivity index (χ1n) is 7.90. The number of Topliss-reactive ketones (excluding diaryl/α,β-unsaturated/α-hetero) is 1. The van der Waals surface area contributed by atoms with Gasteiger partial charge in [0.05, 0.1) is 13.0 Å². The molecule has 0 saturated heterocycles. The molecule has 0 aliphatic heterocycles. The quantitative estimate of drug-likeness (QED) is 0.314. The van der Waals surface area contributed by atoms with Crippen LogP contribution in [0.25, 0.3) is 6.08 Å². The summed E-state index contributed by atoms with van der Waals surface area (Å²) in [6.45, 7) is 1.90. The summed E-state index contributed by atoms with van der Waals surface area (Å²) in [4.78, 5) is 34.5. The van der Waals surface area contributed by atoms with Crippen LogP contribution in [0.15, 0.2) is 42.6 Å². The molecule has 1 aromatic heterocycles. The third-order valence-corrected chi connectivity index (χ3v) is 3.48. The number of rotatable bonds is 8. The van der Waals surface area contributed by atoms with E-state index in [4.69, 9.17) is 0 Å². The summed E-state index contributed by atoms with van der Waals surface area (Å²) in [5, 5.41) is 0. The Balaban J connectivity index is 2.02. The topological polar surface area (TPSA) is 65.4 Å². The highest BCUT2D eigenvalue weighted by atomic mass is 19.2. The second-order valence-corrected chi connectivity index (χ2v) is 5.43. The number of carbonyl (C=O) groups excluding carboxylic acids is 3. The van der Waals surface area contributed by atoms with Crippen molar-refractivity contribution in [2.75, 3.05) is 6.61 Å². The maximum atomic E-state index is 13.3. The van der Waals surface area contributed by atoms with Crippen LogP contribution in [-0.4, -0.2) is 28.7 Å². The summed E-state index contributed by atoms with van der Waals surface area (Å²) in [6.07, 6.45) is 3.82. The van der Waals surface area contributed by atoms with E-state index >= 15 is 0 Å². The molecule has 0 spiro atoms. The van der Waals surface area contributed by atoms with E-state index in [0.717, 1.165) is 12.1 Å². The highest BCUT2D eigenvalue weighted by Crippen LogP contribution is 2.13. The van der Waals surface area contributed by atoms with Gasteiger partial charge in [-0.3, -0.25) is 9.59 Å². The number of ether oxygens (including phenoxy) is 1. The minimum atomic E-state index is -1.03. The van der Waals surface area contributed by atoms with Gasteiger partial charge in [0.1, 0.15) is 0 Å². The van der Waals surface area contributed by atoms with Crippen LogP contribution in [0, 0.1) is 11.6 Å². The molecule has 1 heterocycles. The predicted molar refractivity (Wildman–Crippen MR) is 90.2 cm³/mol. The maximum absolute atomic E-state index is 13.3. The first-order chi connectivity index (χ1) is 12.4. The average molecular weight is 361 g/mol. The van der Waals surface area contributed by atoms with Crippen LogP contribution in [0.4, 0.5) is 8.78 Å². The fourth-order valence-corrected chi connectivity index (χ4v) is 2.24. The molecule has 0 unspecified atom stereocenters. The maximum Gasteiger partial charge on any atom is 0.375 e. The van der Waals surface area contributed by atoms with Crippen LogP contribution in [0.1, 0.15) is 24.6 Å². The van der Waals surface area contributed by atoms with Crippen molar-refractivity contribution in [2.24, 2.45) is 0 Å². The Labute approximate surface area is 148 Å². The number of halogens is 2. The van der Waals surface area contributed by atoms with Crippen molar-refractivity contribution in [1.29, 1.82) is 0 Å². The van der Waals surface area contributed by atoms with Crippen LogP contribution >= 0.6 is 0 Å². The fraction of sp³-hybridized carbons (Fsp3) is 0.211. The molecule has 0 saturated carbocycles. The van der Waals surface area contributed by atoms with Crippen molar-refractivity contribution in [3.63, 3.8) is 0 Å². The van der Waals surface area contributed by atoms with E-state index in [0.29, 0.717) is 11.3 Å². The lowest BCUT2D eigenvalue weighted by atomic mass is 10.2. The summed E-state index contributed by atoms with van der Waals surface area (Å²) in [5.74, 6) is -4.32. The minimum absolute atomic E-state index is 0.0616. The molecule has 0 bridgehead atoms. The zero-order chi connectivity index (χ0) is 19.1. The van der Waals surface area contributed by atoms with Gasteiger partial charge in [0.2, 0.25) is 5.78 Å². The van der Waals surface area contributed by atoms with Crippen LogP contribution in [-0.2, 0) is 25.7 Å². The predicted octanol–water partition coefficient (Wildman–Crippen LogP) is 2.92. The Morgan fingerprint density at radius 3 is 2.62 bits per heavy atom. The first-order valence-corrected chi connectivity index (χ1v) is 7.90. The van der Waals surface area contributed by atoms with E-state index in [1.165, 1.54) is 18.2 Å². The van der Waals surface area contributed by atoms with E-state index in [-0.39, 0.29) is 13.2 Å². The van der Waals surface area contributed by atoms with Crippen LogP contribution in [0.2, 0.25) is 0 Å². The van der Waals surface area contributed by atoms with Crippen LogP contribution in [0.3, 0.4) is 0 Å². The number of ketones is 2. The van der Waals surface area contributed by atoms with E-state index in [1.807, 2.05) is 0 Å². The minimum Gasteiger partial charge on any atom is -0.460 e. The SMILES string of the molecule is CCOC(=O)C(=O)CC(=O)/C=C/c1cccn1Cc1ccc(F)c(F)c1. The molecule has 0 aliphatic carbocycles. The molecule has 136 valence electrons. The van der Waals surface area contributed by atoms with Crippen molar-refractivity contribution >= 4 is 23.6 Å². The molecule has 2 rings (SSSR count). The third-order valence-electron chi connectivity index (χ3n) is 3.48. The van der Waals surface area contributed by atoms with Gasteiger partial charge in [0.25, 0.3) is 0 Å². The largest absolute Gasteiger partial charge is 0.460 e. The molecule has 1 aromatic carbocycles. The molecule has 0 atom stereocenters. The van der Waals surface area contributed by atoms with Gasteiger partial charge >= 0.3 is 5.97 Å². The molecule has 5 nitrogen and oxygen atoms in total. The first kappa shape index (κ1) is 19.2. The molecule has 0 amide bonds. The Hall–Kier alpha value is -3.09. The molecule has 2 aromatic rings. The summed E-state index contributed by atoms with van der Waals surface area (Å²) >= 11 is 0. The van der Waals surface area contributed by atoms with Crippen molar-refractivity contribution in [3.8, 4) is 0 Å². The smallest absolute Gasteiger partial charge is 0.375 e. The van der Waals surface area contributed by atoms with Crippen molar-refractivity contribution < 1.29 is 27.9 Å². The number of nitrogens with zero attached hydrogens (tertiary/aromatic N) is 1. The Bertz CT molecular complexity index is 855. The highest BCUT2D eigenvalue weighted by molar-refractivity contribution is 6.37. The summed E-state index contributed by atoms with van der Waals surface area (Å²) in [5.41, 5.74) is 1.19. The Kier molecular flexibility index (Phi) is 6.54. The molecule has 0 N–H and O–H groups in total. The number of esters is 1. The number of hydrogen-bond acceptors (Lipinski definition) is 4. The van der Waals surface area contributed by atoms with Gasteiger partial charge in [-0.15, -0.1) is 0 Å². The van der Waals surface area contributed by atoms with Gasteiger partial charge < -0.3 is 9.30 Å². The summed E-state index contributed by atoms with van der Waals surface area (Å²) in [7, 11) is 0. The monoisotopic (exact) mass is 361 g/mol. The van der Waals surface area contributed by atoms with E-state index < -0.39 is 35.6 Å². The Morgan fingerprint density at radius 1 is 1.15 bits per heavy atom. The van der Waals surface area contributed by atoms with Crippen molar-refractivity contribution in [1.82, 2.24) is 4.57 Å². The van der Waals surface area contributed by atoms with Gasteiger partial charge in [-0.25, -0.2) is 13.6 Å². The zero-order valence-electron chi connectivity index (χ0n) is 14.1. The highest BCUT2D eigenvalue weighted by Gasteiger charge is 2.17. The number of carbonyl (C=O) groups is 3. The molecular formula is C19H17F2NO4. The zero-order valence-corrected chi connectivity index (χ0v) is 14.1. The Morgan fingerprint density at radius 2 is 1.92 bits per heavy atom. The third kappa shape index (κ3) is 5.20. The van der Waals surface area contributed by atoms with Crippen molar-refractivity contribution in [2.45, 2.75) is 19.9 Å². The number of allylic oxidation sites excluding steroid dienone is 1. The van der Waals surface area contributed by atoms with Gasteiger partial charge in [-0.05, 0) is 48.9 Å². The lowest BCUT2D eigenvalue weighted by Crippen LogP contribution is -2.19. The normalized spacial score (nSPS) is 10.9. The van der Waals surface area contributed by atoms with E-state index in [9.17, 15) is 23.2 Å². The van der Waals surface area contributed by atoms with Crippen LogP contribution < -0.4 is 0 Å². The van der Waals surface area contributed by atoms with Gasteiger partial charge in [-0.1, -0.05) is 6.07 Å². The summed E-state index contributed by atoms with van der Waals surface area (Å²) in [6, 6.07) is 7.07. The number of benzene rings is 1. The lowest BCUT2D eigenvalue weighted by molar-refractivity contribution is -0.154. The molecule has 0 fully saturated rings. The number of hydrogen-bond donors (Lipinski definition) is 0. The van der Waals surface area contributed by atoms with E-state index in [2.05, 4.69) is 4.74 Å².